The predicted octanol–water partition coefficient (Wildman–Crippen LogP) is 3.14. The van der Waals surface area contributed by atoms with Gasteiger partial charge in [-0.15, -0.1) is 25.6 Å². The van der Waals surface area contributed by atoms with Crippen LogP contribution in [0.3, 0.4) is 0 Å². The van der Waals surface area contributed by atoms with E-state index in [1.807, 2.05) is 0 Å². The zero-order chi connectivity index (χ0) is 14.9. The van der Waals surface area contributed by atoms with Gasteiger partial charge in [0.15, 0.2) is 0 Å². The van der Waals surface area contributed by atoms with Crippen molar-refractivity contribution in [2.24, 2.45) is 0 Å². The Morgan fingerprint density at radius 1 is 1.23 bits per heavy atom. The standard InChI is InChI=1S/C13H11F3N4O.ClH/c14-13(15,16)21-10-3-1-2-9(4-10)19-12-18-6-8-5-17-7-11(8)20-12;/h1-4,6,17H,5,7H2,(H,18,19,20);1H. The van der Waals surface area contributed by atoms with Crippen LogP contribution in [0.2, 0.25) is 0 Å². The first-order chi connectivity index (χ1) is 9.99. The SMILES string of the molecule is Cl.FC(F)(F)Oc1cccc(Nc2ncc3c(n2)CNC3)c1. The lowest BCUT2D eigenvalue weighted by atomic mass is 10.3. The minimum Gasteiger partial charge on any atom is -0.406 e. The maximum absolute atomic E-state index is 12.2. The molecule has 0 aliphatic carbocycles. The van der Waals surface area contributed by atoms with Gasteiger partial charge in [0.25, 0.3) is 0 Å². The third-order valence-corrected chi connectivity index (χ3v) is 2.89. The fourth-order valence-corrected chi connectivity index (χ4v) is 2.02. The summed E-state index contributed by atoms with van der Waals surface area (Å²) in [5, 5.41) is 6.00. The van der Waals surface area contributed by atoms with E-state index in [9.17, 15) is 13.2 Å². The fraction of sp³-hybridized carbons (Fsp3) is 0.231. The summed E-state index contributed by atoms with van der Waals surface area (Å²) in [6, 6.07) is 5.53. The van der Waals surface area contributed by atoms with Crippen molar-refractivity contribution in [3.8, 4) is 5.75 Å². The number of anilines is 2. The van der Waals surface area contributed by atoms with E-state index in [0.717, 1.165) is 17.8 Å². The van der Waals surface area contributed by atoms with Crippen molar-refractivity contribution in [2.45, 2.75) is 19.5 Å². The Morgan fingerprint density at radius 3 is 2.82 bits per heavy atom. The Balaban J connectivity index is 0.00000176. The highest BCUT2D eigenvalue weighted by molar-refractivity contribution is 5.85. The Kier molecular flexibility index (Phi) is 4.72. The van der Waals surface area contributed by atoms with E-state index in [1.54, 1.807) is 12.3 Å². The summed E-state index contributed by atoms with van der Waals surface area (Å²) in [4.78, 5) is 8.43. The summed E-state index contributed by atoms with van der Waals surface area (Å²) in [6.45, 7) is 1.38. The van der Waals surface area contributed by atoms with Crippen molar-refractivity contribution >= 4 is 24.0 Å². The molecule has 1 aliphatic heterocycles. The van der Waals surface area contributed by atoms with Gasteiger partial charge < -0.3 is 15.4 Å². The number of benzene rings is 1. The number of fused-ring (bicyclic) bond motifs is 1. The number of aromatic nitrogens is 2. The largest absolute Gasteiger partial charge is 0.573 e. The highest BCUT2D eigenvalue weighted by atomic mass is 35.5. The van der Waals surface area contributed by atoms with Crippen molar-refractivity contribution in [3.05, 3.63) is 41.7 Å². The average molecular weight is 333 g/mol. The molecule has 0 saturated heterocycles. The van der Waals surface area contributed by atoms with Crippen LogP contribution in [0.5, 0.6) is 5.75 Å². The average Bonchev–Trinajstić information content (AvgIpc) is 2.84. The van der Waals surface area contributed by atoms with E-state index in [-0.39, 0.29) is 18.2 Å². The molecule has 0 fully saturated rings. The molecule has 0 radical (unpaired) electrons. The van der Waals surface area contributed by atoms with Crippen LogP contribution in [0.25, 0.3) is 0 Å². The molecule has 1 aromatic heterocycles. The highest BCUT2D eigenvalue weighted by Gasteiger charge is 2.31. The second-order valence-electron chi connectivity index (χ2n) is 4.47. The Bertz CT molecular complexity index is 666. The number of ether oxygens (including phenoxy) is 1. The summed E-state index contributed by atoms with van der Waals surface area (Å²) in [6.07, 6.45) is -3.02. The first-order valence-corrected chi connectivity index (χ1v) is 6.18. The van der Waals surface area contributed by atoms with Gasteiger partial charge in [-0.05, 0) is 12.1 Å². The van der Waals surface area contributed by atoms with Crippen molar-refractivity contribution in [3.63, 3.8) is 0 Å². The molecule has 0 atom stereocenters. The fourth-order valence-electron chi connectivity index (χ4n) is 2.02. The smallest absolute Gasteiger partial charge is 0.406 e. The van der Waals surface area contributed by atoms with Gasteiger partial charge in [-0.1, -0.05) is 6.07 Å². The van der Waals surface area contributed by atoms with E-state index in [1.165, 1.54) is 18.2 Å². The predicted molar refractivity (Wildman–Crippen MR) is 76.2 cm³/mol. The topological polar surface area (TPSA) is 59.1 Å². The number of nitrogens with one attached hydrogen (secondary N) is 2. The van der Waals surface area contributed by atoms with E-state index >= 15 is 0 Å². The lowest BCUT2D eigenvalue weighted by Crippen LogP contribution is -2.17. The Labute approximate surface area is 130 Å². The molecular formula is C13H12ClF3N4O. The Hall–Kier alpha value is -2.06. The summed E-state index contributed by atoms with van der Waals surface area (Å²) in [5.74, 6) is 0.0388. The first-order valence-electron chi connectivity index (χ1n) is 6.18. The number of alkyl halides is 3. The van der Waals surface area contributed by atoms with Gasteiger partial charge in [-0.2, -0.15) is 0 Å². The second kappa shape index (κ2) is 6.37. The molecule has 1 aromatic carbocycles. The van der Waals surface area contributed by atoms with Crippen LogP contribution in [-0.4, -0.2) is 16.3 Å². The molecule has 118 valence electrons. The highest BCUT2D eigenvalue weighted by Crippen LogP contribution is 2.26. The van der Waals surface area contributed by atoms with E-state index in [4.69, 9.17) is 0 Å². The zero-order valence-corrected chi connectivity index (χ0v) is 12.0. The van der Waals surface area contributed by atoms with Gasteiger partial charge in [-0.3, -0.25) is 0 Å². The van der Waals surface area contributed by atoms with Crippen molar-refractivity contribution < 1.29 is 17.9 Å². The number of nitrogens with zero attached hydrogens (tertiary/aromatic N) is 2. The third kappa shape index (κ3) is 3.99. The quantitative estimate of drug-likeness (QED) is 0.904. The Morgan fingerprint density at radius 2 is 2.05 bits per heavy atom. The zero-order valence-electron chi connectivity index (χ0n) is 11.1. The van der Waals surface area contributed by atoms with Gasteiger partial charge in [0.05, 0.1) is 5.69 Å². The van der Waals surface area contributed by atoms with E-state index in [2.05, 4.69) is 25.3 Å². The molecule has 9 heteroatoms. The second-order valence-corrected chi connectivity index (χ2v) is 4.47. The van der Waals surface area contributed by atoms with Gasteiger partial charge in [0.1, 0.15) is 5.75 Å². The number of rotatable bonds is 3. The normalized spacial score (nSPS) is 13.2. The maximum atomic E-state index is 12.2. The lowest BCUT2D eigenvalue weighted by Gasteiger charge is -2.11. The minimum atomic E-state index is -4.71. The minimum absolute atomic E-state index is 0. The molecule has 0 amide bonds. The molecule has 3 rings (SSSR count). The van der Waals surface area contributed by atoms with Crippen molar-refractivity contribution in [1.82, 2.24) is 15.3 Å². The number of hydrogen-bond acceptors (Lipinski definition) is 5. The summed E-state index contributed by atoms with van der Waals surface area (Å²) in [7, 11) is 0. The van der Waals surface area contributed by atoms with Gasteiger partial charge >= 0.3 is 6.36 Å². The molecule has 22 heavy (non-hydrogen) atoms. The molecule has 5 nitrogen and oxygen atoms in total. The van der Waals surface area contributed by atoms with E-state index < -0.39 is 6.36 Å². The third-order valence-electron chi connectivity index (χ3n) is 2.89. The first kappa shape index (κ1) is 16.3. The van der Waals surface area contributed by atoms with Crippen LogP contribution in [-0.2, 0) is 13.1 Å². The van der Waals surface area contributed by atoms with E-state index in [0.29, 0.717) is 18.2 Å². The van der Waals surface area contributed by atoms with Gasteiger partial charge in [0, 0.05) is 36.6 Å². The van der Waals surface area contributed by atoms with Crippen molar-refractivity contribution in [2.75, 3.05) is 5.32 Å². The molecular weight excluding hydrogens is 321 g/mol. The van der Waals surface area contributed by atoms with Crippen LogP contribution >= 0.6 is 12.4 Å². The van der Waals surface area contributed by atoms with Crippen LogP contribution in [0.1, 0.15) is 11.3 Å². The monoisotopic (exact) mass is 332 g/mol. The molecule has 0 spiro atoms. The van der Waals surface area contributed by atoms with Crippen LogP contribution in [0.15, 0.2) is 30.5 Å². The summed E-state index contributed by atoms with van der Waals surface area (Å²) < 4.78 is 40.4. The lowest BCUT2D eigenvalue weighted by molar-refractivity contribution is -0.274. The maximum Gasteiger partial charge on any atom is 0.573 e. The number of halogens is 4. The molecule has 1 aliphatic rings. The van der Waals surface area contributed by atoms with Crippen molar-refractivity contribution in [1.29, 1.82) is 0 Å². The summed E-state index contributed by atoms with van der Waals surface area (Å²) in [5.41, 5.74) is 2.33. The van der Waals surface area contributed by atoms with Gasteiger partial charge in [-0.25, -0.2) is 9.97 Å². The molecule has 2 N–H and O–H groups in total. The number of hydrogen-bond donors (Lipinski definition) is 2. The van der Waals surface area contributed by atoms with Crippen LogP contribution in [0.4, 0.5) is 24.8 Å². The summed E-state index contributed by atoms with van der Waals surface area (Å²) >= 11 is 0. The van der Waals surface area contributed by atoms with Crippen LogP contribution < -0.4 is 15.4 Å². The molecule has 0 bridgehead atoms. The molecule has 0 saturated carbocycles. The van der Waals surface area contributed by atoms with Gasteiger partial charge in [0.2, 0.25) is 5.95 Å². The molecule has 2 heterocycles. The molecule has 2 aromatic rings. The molecule has 0 unspecified atom stereocenters. The van der Waals surface area contributed by atoms with Crippen LogP contribution in [0, 0.1) is 0 Å².